The Morgan fingerprint density at radius 1 is 0.957 bits per heavy atom. The zero-order chi connectivity index (χ0) is 17.1. The summed E-state index contributed by atoms with van der Waals surface area (Å²) in [5, 5.41) is 4.05. The number of ketones is 1. The van der Waals surface area contributed by atoms with Crippen molar-refractivity contribution in [1.29, 1.82) is 0 Å². The zero-order valence-electron chi connectivity index (χ0n) is 13.9. The molecule has 122 valence electrons. The summed E-state index contributed by atoms with van der Waals surface area (Å²) < 4.78 is 24.7. The third-order valence-electron chi connectivity index (χ3n) is 7.63. The van der Waals surface area contributed by atoms with Gasteiger partial charge in [-0.25, -0.2) is 0 Å². The molecule has 0 amide bonds. The number of sulfonamides is 1. The Labute approximate surface area is 136 Å². The highest BCUT2D eigenvalue weighted by Crippen LogP contribution is 3.09. The number of carbonyl (C=O) groups is 1. The first-order valence-corrected chi connectivity index (χ1v) is 9.20. The number of aryl methyl sites for hydroxylation is 1. The molecule has 3 unspecified atom stereocenters. The van der Waals surface area contributed by atoms with Crippen LogP contribution in [0.15, 0.2) is 34.3 Å². The van der Waals surface area contributed by atoms with Crippen molar-refractivity contribution in [3.05, 3.63) is 29.8 Å². The molecule has 4 aliphatic rings. The van der Waals surface area contributed by atoms with Crippen LogP contribution in [0.2, 0.25) is 0 Å². The quantitative estimate of drug-likeness (QED) is 0.863. The van der Waals surface area contributed by atoms with Gasteiger partial charge in [0.2, 0.25) is 0 Å². The lowest BCUT2D eigenvalue weighted by Crippen LogP contribution is -2.25. The first kappa shape index (κ1) is 14.9. The minimum Gasteiger partial charge on any atom is -0.292 e. The predicted molar refractivity (Wildman–Crippen MR) is 86.4 cm³/mol. The van der Waals surface area contributed by atoms with Crippen LogP contribution in [0.4, 0.5) is 0 Å². The molecule has 4 aliphatic carbocycles. The number of hydrogen-bond acceptors (Lipinski definition) is 4. The molecule has 4 atom stereocenters. The van der Waals surface area contributed by atoms with Gasteiger partial charge < -0.3 is 0 Å². The van der Waals surface area contributed by atoms with E-state index in [1.54, 1.807) is 12.1 Å². The van der Waals surface area contributed by atoms with Gasteiger partial charge in [0.05, 0.1) is 4.90 Å². The molecule has 0 saturated heterocycles. The normalized spacial score (nSPS) is 45.1. The fraction of sp³-hybridized carbons (Fsp3) is 0.529. The van der Waals surface area contributed by atoms with Crippen molar-refractivity contribution >= 4 is 21.5 Å². The summed E-state index contributed by atoms with van der Waals surface area (Å²) >= 11 is 0. The second-order valence-corrected chi connectivity index (χ2v) is 9.36. The van der Waals surface area contributed by atoms with Crippen molar-refractivity contribution in [3.8, 4) is 0 Å². The molecule has 0 aliphatic heterocycles. The van der Waals surface area contributed by atoms with Gasteiger partial charge in [-0.3, -0.25) is 4.79 Å². The summed E-state index contributed by atoms with van der Waals surface area (Å²) in [5.41, 5.74) is 0.480. The van der Waals surface area contributed by atoms with Gasteiger partial charge in [0, 0.05) is 10.8 Å². The number of carbonyl (C=O) groups excluding carboxylic acids is 1. The first-order valence-electron chi connectivity index (χ1n) is 7.71. The molecule has 2 bridgehead atoms. The van der Waals surface area contributed by atoms with Crippen LogP contribution in [-0.4, -0.2) is 19.9 Å². The standard InChI is InChI=1S/C17H20N2O3S/c1-10-6-8-11(9-7-10)23(21,22)19-18-12-13(20)15(3)16(4)14(12,2)17(15,16)5/h6-9,19H,1-5H3/b18-12+/t14?,15?,16-,17?/m0/s1. The van der Waals surface area contributed by atoms with E-state index >= 15 is 0 Å². The molecule has 4 fully saturated rings. The molecule has 0 heterocycles. The van der Waals surface area contributed by atoms with E-state index in [0.717, 1.165) is 5.56 Å². The topological polar surface area (TPSA) is 75.6 Å². The Balaban J connectivity index is 1.66. The molecule has 6 heteroatoms. The van der Waals surface area contributed by atoms with Crippen LogP contribution < -0.4 is 4.83 Å². The molecule has 23 heavy (non-hydrogen) atoms. The van der Waals surface area contributed by atoms with E-state index in [2.05, 4.69) is 23.8 Å². The Bertz CT molecular complexity index is 884. The molecular formula is C17H20N2O3S. The molecule has 0 spiro atoms. The molecule has 0 radical (unpaired) electrons. The van der Waals surface area contributed by atoms with Gasteiger partial charge in [-0.1, -0.05) is 45.4 Å². The van der Waals surface area contributed by atoms with E-state index in [1.807, 2.05) is 20.8 Å². The average Bonchev–Trinajstić information content (AvgIpc) is 3.04. The van der Waals surface area contributed by atoms with E-state index in [-0.39, 0.29) is 32.3 Å². The van der Waals surface area contributed by atoms with Crippen LogP contribution in [0, 0.1) is 28.6 Å². The molecule has 1 aromatic rings. The number of fused-ring (bicyclic) bond motifs is 1. The number of nitrogens with one attached hydrogen (secondary N) is 1. The van der Waals surface area contributed by atoms with Gasteiger partial charge in [0.15, 0.2) is 5.78 Å². The molecule has 4 saturated carbocycles. The lowest BCUT2D eigenvalue weighted by Gasteiger charge is -2.21. The largest absolute Gasteiger partial charge is 0.292 e. The van der Waals surface area contributed by atoms with Crippen molar-refractivity contribution in [2.75, 3.05) is 0 Å². The van der Waals surface area contributed by atoms with E-state index in [1.165, 1.54) is 12.1 Å². The molecule has 1 N–H and O–H groups in total. The molecule has 5 nitrogen and oxygen atoms in total. The second kappa shape index (κ2) is 3.53. The summed E-state index contributed by atoms with van der Waals surface area (Å²) in [5.74, 6) is -0.0170. The van der Waals surface area contributed by atoms with Crippen LogP contribution in [0.3, 0.4) is 0 Å². The van der Waals surface area contributed by atoms with E-state index < -0.39 is 10.0 Å². The molecule has 5 rings (SSSR count). The summed E-state index contributed by atoms with van der Waals surface area (Å²) in [7, 11) is -3.76. The molecular weight excluding hydrogens is 312 g/mol. The van der Waals surface area contributed by atoms with Gasteiger partial charge in [-0.15, -0.1) is 0 Å². The zero-order valence-corrected chi connectivity index (χ0v) is 14.7. The smallest absolute Gasteiger partial charge is 0.276 e. The summed E-state index contributed by atoms with van der Waals surface area (Å²) in [6, 6.07) is 6.53. The van der Waals surface area contributed by atoms with Gasteiger partial charge in [0.25, 0.3) is 10.0 Å². The van der Waals surface area contributed by atoms with Gasteiger partial charge >= 0.3 is 0 Å². The van der Waals surface area contributed by atoms with Crippen molar-refractivity contribution in [3.63, 3.8) is 0 Å². The van der Waals surface area contributed by atoms with Crippen molar-refractivity contribution < 1.29 is 13.2 Å². The summed E-state index contributed by atoms with van der Waals surface area (Å²) in [6.07, 6.45) is 0. The Hall–Kier alpha value is -1.69. The lowest BCUT2D eigenvalue weighted by molar-refractivity contribution is -0.118. The number of nitrogens with zero attached hydrogens (tertiary/aromatic N) is 1. The van der Waals surface area contributed by atoms with Crippen LogP contribution in [0.5, 0.6) is 0 Å². The van der Waals surface area contributed by atoms with Gasteiger partial charge in [-0.2, -0.15) is 18.4 Å². The summed E-state index contributed by atoms with van der Waals surface area (Å²) in [4.78, 5) is 15.0. The minimum absolute atomic E-state index is 0.0170. The number of Topliss-reactive ketones (excluding diaryl/α,β-unsaturated/α-hetero) is 1. The maximum atomic E-state index is 12.6. The van der Waals surface area contributed by atoms with E-state index in [9.17, 15) is 13.2 Å². The lowest BCUT2D eigenvalue weighted by atomic mass is 9.79. The van der Waals surface area contributed by atoms with Gasteiger partial charge in [0.1, 0.15) is 5.71 Å². The Morgan fingerprint density at radius 3 is 1.91 bits per heavy atom. The second-order valence-electron chi connectivity index (χ2n) is 7.70. The van der Waals surface area contributed by atoms with Crippen LogP contribution >= 0.6 is 0 Å². The van der Waals surface area contributed by atoms with Crippen LogP contribution in [0.25, 0.3) is 0 Å². The van der Waals surface area contributed by atoms with Crippen LogP contribution in [-0.2, 0) is 14.8 Å². The van der Waals surface area contributed by atoms with Crippen LogP contribution in [0.1, 0.15) is 33.3 Å². The number of benzene rings is 1. The van der Waals surface area contributed by atoms with Crippen molar-refractivity contribution in [2.45, 2.75) is 39.5 Å². The van der Waals surface area contributed by atoms with Gasteiger partial charge in [-0.05, 0) is 29.9 Å². The maximum Gasteiger partial charge on any atom is 0.276 e. The van der Waals surface area contributed by atoms with E-state index in [0.29, 0.717) is 5.71 Å². The summed E-state index contributed by atoms with van der Waals surface area (Å²) in [6.45, 7) is 10.1. The molecule has 1 aromatic carbocycles. The Morgan fingerprint density at radius 2 is 1.48 bits per heavy atom. The maximum absolute atomic E-state index is 12.6. The molecule has 0 aromatic heterocycles. The SMILES string of the molecule is Cc1ccc(S(=O)(=O)N/N=C2\C(=O)C3(C)C4(C)C2(C)[C@@]34C)cc1. The highest BCUT2D eigenvalue weighted by atomic mass is 32.2. The van der Waals surface area contributed by atoms with Crippen molar-refractivity contribution in [2.24, 2.45) is 26.8 Å². The minimum atomic E-state index is -3.76. The third kappa shape index (κ3) is 1.14. The fourth-order valence-electron chi connectivity index (χ4n) is 5.62. The van der Waals surface area contributed by atoms with E-state index in [4.69, 9.17) is 0 Å². The highest BCUT2D eigenvalue weighted by molar-refractivity contribution is 7.89. The fourth-order valence-corrected chi connectivity index (χ4v) is 6.43. The average molecular weight is 332 g/mol. The Kier molecular flexibility index (Phi) is 2.28. The number of rotatable bonds is 3. The predicted octanol–water partition coefficient (Wildman–Crippen LogP) is 2.26. The van der Waals surface area contributed by atoms with Crippen molar-refractivity contribution in [1.82, 2.24) is 4.83 Å². The monoisotopic (exact) mass is 332 g/mol. The first-order chi connectivity index (χ1) is 10.5. The highest BCUT2D eigenvalue weighted by Gasteiger charge is 3.12. The third-order valence-corrected chi connectivity index (χ3v) is 8.85. The number of hydrazone groups is 1. The number of hydrogen-bond donors (Lipinski definition) is 1.